The zero-order valence-electron chi connectivity index (χ0n) is 9.29. The lowest BCUT2D eigenvalue weighted by Gasteiger charge is -2.26. The number of benzene rings is 1. The van der Waals surface area contributed by atoms with Crippen molar-refractivity contribution in [1.82, 2.24) is 0 Å². The highest BCUT2D eigenvalue weighted by atomic mass is 79.9. The number of hydrogen-bond donors (Lipinski definition) is 1. The second kappa shape index (κ2) is 5.83. The van der Waals surface area contributed by atoms with Crippen LogP contribution < -0.4 is 0 Å². The van der Waals surface area contributed by atoms with Crippen molar-refractivity contribution in [1.29, 1.82) is 0 Å². The van der Waals surface area contributed by atoms with Crippen molar-refractivity contribution in [3.63, 3.8) is 0 Å². The SMILES string of the molecule is SCC1(CSc2ccc(Br)cc2)CCCC1. The van der Waals surface area contributed by atoms with Crippen molar-refractivity contribution in [3.8, 4) is 0 Å². The van der Waals surface area contributed by atoms with Crippen LogP contribution in [0.5, 0.6) is 0 Å². The fourth-order valence-electron chi connectivity index (χ4n) is 2.24. The van der Waals surface area contributed by atoms with E-state index < -0.39 is 0 Å². The predicted molar refractivity (Wildman–Crippen MR) is 79.6 cm³/mol. The van der Waals surface area contributed by atoms with E-state index in [1.807, 2.05) is 11.8 Å². The minimum Gasteiger partial charge on any atom is -0.179 e. The van der Waals surface area contributed by atoms with E-state index in [0.29, 0.717) is 5.41 Å². The molecule has 0 saturated heterocycles. The zero-order chi connectivity index (χ0) is 11.4. The summed E-state index contributed by atoms with van der Waals surface area (Å²) in [7, 11) is 0. The summed E-state index contributed by atoms with van der Waals surface area (Å²) >= 11 is 9.99. The molecule has 1 saturated carbocycles. The monoisotopic (exact) mass is 316 g/mol. The van der Waals surface area contributed by atoms with Crippen LogP contribution in [0.2, 0.25) is 0 Å². The maximum absolute atomic E-state index is 4.54. The molecule has 1 aromatic carbocycles. The van der Waals surface area contributed by atoms with Crippen molar-refractivity contribution in [2.45, 2.75) is 30.6 Å². The number of thioether (sulfide) groups is 1. The zero-order valence-corrected chi connectivity index (χ0v) is 12.6. The summed E-state index contributed by atoms with van der Waals surface area (Å²) in [5.41, 5.74) is 0.501. The lowest BCUT2D eigenvalue weighted by Crippen LogP contribution is -2.21. The van der Waals surface area contributed by atoms with E-state index >= 15 is 0 Å². The minimum absolute atomic E-state index is 0.501. The van der Waals surface area contributed by atoms with E-state index in [0.717, 1.165) is 10.2 Å². The molecule has 0 nitrogen and oxygen atoms in total. The molecule has 1 fully saturated rings. The summed E-state index contributed by atoms with van der Waals surface area (Å²) in [6.45, 7) is 0. The van der Waals surface area contributed by atoms with Crippen LogP contribution in [-0.4, -0.2) is 11.5 Å². The topological polar surface area (TPSA) is 0 Å². The van der Waals surface area contributed by atoms with Gasteiger partial charge in [-0.05, 0) is 48.3 Å². The lowest BCUT2D eigenvalue weighted by molar-refractivity contribution is 0.403. The molecule has 16 heavy (non-hydrogen) atoms. The van der Waals surface area contributed by atoms with Crippen LogP contribution in [0.4, 0.5) is 0 Å². The molecule has 1 aromatic rings. The first-order chi connectivity index (χ1) is 7.74. The Labute approximate surface area is 116 Å². The van der Waals surface area contributed by atoms with E-state index in [-0.39, 0.29) is 0 Å². The van der Waals surface area contributed by atoms with Gasteiger partial charge in [0.15, 0.2) is 0 Å². The number of halogens is 1. The van der Waals surface area contributed by atoms with Gasteiger partial charge in [-0.2, -0.15) is 12.6 Å². The summed E-state index contributed by atoms with van der Waals surface area (Å²) in [5, 5.41) is 0. The Bertz CT molecular complexity index is 328. The molecular weight excluding hydrogens is 300 g/mol. The van der Waals surface area contributed by atoms with Gasteiger partial charge in [0.25, 0.3) is 0 Å². The highest BCUT2D eigenvalue weighted by molar-refractivity contribution is 9.10. The average molecular weight is 317 g/mol. The van der Waals surface area contributed by atoms with Gasteiger partial charge in [0.1, 0.15) is 0 Å². The van der Waals surface area contributed by atoms with Gasteiger partial charge in [-0.3, -0.25) is 0 Å². The van der Waals surface area contributed by atoms with E-state index in [9.17, 15) is 0 Å². The van der Waals surface area contributed by atoms with Crippen molar-refractivity contribution < 1.29 is 0 Å². The minimum atomic E-state index is 0.501. The number of hydrogen-bond acceptors (Lipinski definition) is 2. The highest BCUT2D eigenvalue weighted by Crippen LogP contribution is 2.42. The number of thiol groups is 1. The van der Waals surface area contributed by atoms with Crippen LogP contribution in [-0.2, 0) is 0 Å². The Balaban J connectivity index is 1.93. The summed E-state index contributed by atoms with van der Waals surface area (Å²) in [6.07, 6.45) is 5.50. The van der Waals surface area contributed by atoms with Gasteiger partial charge in [0.2, 0.25) is 0 Å². The quantitative estimate of drug-likeness (QED) is 0.600. The molecule has 0 aromatic heterocycles. The molecule has 0 heterocycles. The van der Waals surface area contributed by atoms with Gasteiger partial charge in [-0.15, -0.1) is 11.8 Å². The molecule has 0 spiro atoms. The van der Waals surface area contributed by atoms with E-state index in [2.05, 4.69) is 52.8 Å². The molecule has 1 aliphatic rings. The Kier molecular flexibility index (Phi) is 4.68. The molecule has 1 aliphatic carbocycles. The fraction of sp³-hybridized carbons (Fsp3) is 0.538. The second-order valence-electron chi connectivity index (χ2n) is 4.61. The van der Waals surface area contributed by atoms with Crippen molar-refractivity contribution in [2.24, 2.45) is 5.41 Å². The molecule has 0 unspecified atom stereocenters. The third-order valence-corrected chi connectivity index (χ3v) is 5.92. The Morgan fingerprint density at radius 1 is 1.19 bits per heavy atom. The normalized spacial score (nSPS) is 18.9. The third-order valence-electron chi connectivity index (χ3n) is 3.36. The van der Waals surface area contributed by atoms with Gasteiger partial charge < -0.3 is 0 Å². The summed E-state index contributed by atoms with van der Waals surface area (Å²) in [4.78, 5) is 1.37. The first kappa shape index (κ1) is 12.8. The molecule has 0 aliphatic heterocycles. The Hall–Kier alpha value is 0.400. The van der Waals surface area contributed by atoms with Crippen molar-refractivity contribution in [2.75, 3.05) is 11.5 Å². The maximum Gasteiger partial charge on any atom is 0.0176 e. The molecule has 0 bridgehead atoms. The smallest absolute Gasteiger partial charge is 0.0176 e. The van der Waals surface area contributed by atoms with Crippen LogP contribution in [0.3, 0.4) is 0 Å². The van der Waals surface area contributed by atoms with Gasteiger partial charge >= 0.3 is 0 Å². The molecule has 0 atom stereocenters. The van der Waals surface area contributed by atoms with E-state index in [1.54, 1.807) is 0 Å². The van der Waals surface area contributed by atoms with Crippen molar-refractivity contribution >= 4 is 40.3 Å². The molecular formula is C13H17BrS2. The van der Waals surface area contributed by atoms with Crippen LogP contribution >= 0.6 is 40.3 Å². The standard InChI is InChI=1S/C13H17BrS2/c14-11-3-5-12(6-4-11)16-10-13(9-15)7-1-2-8-13/h3-6,15H,1-2,7-10H2. The fourth-order valence-corrected chi connectivity index (χ4v) is 4.28. The van der Waals surface area contributed by atoms with E-state index in [4.69, 9.17) is 0 Å². The van der Waals surface area contributed by atoms with Gasteiger partial charge in [0.05, 0.1) is 0 Å². The van der Waals surface area contributed by atoms with Crippen LogP contribution in [0.15, 0.2) is 33.6 Å². The molecule has 0 radical (unpaired) electrons. The first-order valence-electron chi connectivity index (χ1n) is 5.73. The first-order valence-corrected chi connectivity index (χ1v) is 8.14. The molecule has 0 N–H and O–H groups in total. The second-order valence-corrected chi connectivity index (χ2v) is 6.89. The Morgan fingerprint density at radius 3 is 2.38 bits per heavy atom. The molecule has 0 amide bonds. The summed E-state index contributed by atoms with van der Waals surface area (Å²) in [6, 6.07) is 8.61. The summed E-state index contributed by atoms with van der Waals surface area (Å²) in [5.74, 6) is 2.26. The van der Waals surface area contributed by atoms with Crippen LogP contribution in [0.25, 0.3) is 0 Å². The molecule has 2 rings (SSSR count). The molecule has 3 heteroatoms. The third kappa shape index (κ3) is 3.21. The number of rotatable bonds is 4. The van der Waals surface area contributed by atoms with E-state index in [1.165, 1.54) is 36.3 Å². The maximum atomic E-state index is 4.54. The highest BCUT2D eigenvalue weighted by Gasteiger charge is 2.32. The van der Waals surface area contributed by atoms with Crippen molar-refractivity contribution in [3.05, 3.63) is 28.7 Å². The van der Waals surface area contributed by atoms with Crippen LogP contribution in [0, 0.1) is 5.41 Å². The van der Waals surface area contributed by atoms with Gasteiger partial charge in [-0.25, -0.2) is 0 Å². The predicted octanol–water partition coefficient (Wildman–Crippen LogP) is 5.03. The van der Waals surface area contributed by atoms with Crippen LogP contribution in [0.1, 0.15) is 25.7 Å². The Morgan fingerprint density at radius 2 is 1.81 bits per heavy atom. The molecule has 88 valence electrons. The lowest BCUT2D eigenvalue weighted by atomic mass is 9.91. The van der Waals surface area contributed by atoms with Gasteiger partial charge in [-0.1, -0.05) is 28.8 Å². The average Bonchev–Trinajstić information content (AvgIpc) is 2.78. The largest absolute Gasteiger partial charge is 0.179 e. The van der Waals surface area contributed by atoms with Gasteiger partial charge in [0, 0.05) is 15.1 Å². The summed E-state index contributed by atoms with van der Waals surface area (Å²) < 4.78 is 1.15.